The molecule has 0 radical (unpaired) electrons. The van der Waals surface area contributed by atoms with Crippen LogP contribution in [0.3, 0.4) is 0 Å². The van der Waals surface area contributed by atoms with Gasteiger partial charge in [0.1, 0.15) is 23.5 Å². The molecule has 28 heavy (non-hydrogen) atoms. The fraction of sp³-hybridized carbons (Fsp3) is 0.476. The maximum absolute atomic E-state index is 12.5. The van der Waals surface area contributed by atoms with E-state index >= 15 is 0 Å². The van der Waals surface area contributed by atoms with Crippen molar-refractivity contribution in [1.29, 1.82) is 0 Å². The molecule has 0 aromatic heterocycles. The van der Waals surface area contributed by atoms with Crippen LogP contribution in [0.25, 0.3) is 6.08 Å². The van der Waals surface area contributed by atoms with Gasteiger partial charge in [-0.2, -0.15) is 5.10 Å². The summed E-state index contributed by atoms with van der Waals surface area (Å²) < 4.78 is 11.2. The molecule has 7 heteroatoms. The third kappa shape index (κ3) is 4.71. The minimum Gasteiger partial charge on any atom is -0.485 e. The van der Waals surface area contributed by atoms with Gasteiger partial charge in [-0.15, -0.1) is 0 Å². The normalized spacial score (nSPS) is 21.7. The topological polar surface area (TPSA) is 80.2 Å². The molecule has 0 aliphatic carbocycles. The van der Waals surface area contributed by atoms with E-state index in [1.807, 2.05) is 37.3 Å². The first-order valence-electron chi connectivity index (χ1n) is 9.54. The van der Waals surface area contributed by atoms with Crippen molar-refractivity contribution in [2.45, 2.75) is 58.3 Å². The molecule has 1 saturated heterocycles. The molecule has 2 aliphatic heterocycles. The van der Waals surface area contributed by atoms with E-state index in [1.54, 1.807) is 27.0 Å². The van der Waals surface area contributed by atoms with Gasteiger partial charge in [-0.25, -0.2) is 10.2 Å². The van der Waals surface area contributed by atoms with Crippen LogP contribution in [0.4, 0.5) is 4.79 Å². The third-order valence-electron chi connectivity index (χ3n) is 4.59. The smallest absolute Gasteiger partial charge is 0.410 e. The number of hydrazone groups is 1. The van der Waals surface area contributed by atoms with E-state index in [1.165, 1.54) is 4.90 Å². The molecule has 1 aromatic rings. The molecule has 0 spiro atoms. The molecule has 0 bridgehead atoms. The number of fused-ring (bicyclic) bond motifs is 1. The Morgan fingerprint density at radius 1 is 1.32 bits per heavy atom. The number of hydrogen-bond donors (Lipinski definition) is 1. The Kier molecular flexibility index (Phi) is 5.72. The molecular weight excluding hydrogens is 358 g/mol. The predicted molar refractivity (Wildman–Crippen MR) is 107 cm³/mol. The van der Waals surface area contributed by atoms with Crippen LogP contribution in [0.5, 0.6) is 5.75 Å². The lowest BCUT2D eigenvalue weighted by atomic mass is 10.0. The molecule has 3 rings (SSSR count). The van der Waals surface area contributed by atoms with Crippen molar-refractivity contribution < 1.29 is 19.1 Å². The number of amides is 2. The zero-order chi connectivity index (χ0) is 20.3. The van der Waals surface area contributed by atoms with Gasteiger partial charge in [0.15, 0.2) is 0 Å². The van der Waals surface area contributed by atoms with E-state index in [0.29, 0.717) is 13.0 Å². The SMILES string of the molecule is CC1Oc2ccccc2C=C1/C=N/NC(=O)[C@@H]1CCCN1C(=O)OC(C)(C)C. The van der Waals surface area contributed by atoms with Gasteiger partial charge in [0.05, 0.1) is 6.21 Å². The van der Waals surface area contributed by atoms with E-state index in [0.717, 1.165) is 23.3 Å². The van der Waals surface area contributed by atoms with E-state index in [-0.39, 0.29) is 12.0 Å². The number of benzene rings is 1. The summed E-state index contributed by atoms with van der Waals surface area (Å²) in [6, 6.07) is 7.18. The fourth-order valence-corrected chi connectivity index (χ4v) is 3.23. The molecule has 2 amide bonds. The third-order valence-corrected chi connectivity index (χ3v) is 4.59. The van der Waals surface area contributed by atoms with Crippen LogP contribution in [0.2, 0.25) is 0 Å². The van der Waals surface area contributed by atoms with Crippen LogP contribution >= 0.6 is 0 Å². The average molecular weight is 385 g/mol. The highest BCUT2D eigenvalue weighted by Gasteiger charge is 2.36. The average Bonchev–Trinajstić information content (AvgIpc) is 3.10. The lowest BCUT2D eigenvalue weighted by Gasteiger charge is -2.27. The van der Waals surface area contributed by atoms with Crippen LogP contribution in [0.1, 0.15) is 46.1 Å². The summed E-state index contributed by atoms with van der Waals surface area (Å²) in [4.78, 5) is 26.3. The van der Waals surface area contributed by atoms with Crippen LogP contribution in [-0.2, 0) is 9.53 Å². The number of ether oxygens (including phenoxy) is 2. The molecule has 7 nitrogen and oxygen atoms in total. The molecular formula is C21H27N3O4. The Balaban J connectivity index is 1.62. The van der Waals surface area contributed by atoms with Crippen LogP contribution in [0, 0.1) is 0 Å². The highest BCUT2D eigenvalue weighted by molar-refractivity contribution is 5.91. The molecule has 150 valence electrons. The molecule has 1 aromatic carbocycles. The first kappa shape index (κ1) is 19.9. The minimum atomic E-state index is -0.598. The molecule has 0 saturated carbocycles. The highest BCUT2D eigenvalue weighted by atomic mass is 16.6. The minimum absolute atomic E-state index is 0.166. The highest BCUT2D eigenvalue weighted by Crippen LogP contribution is 2.28. The van der Waals surface area contributed by atoms with Gasteiger partial charge in [0.2, 0.25) is 0 Å². The second-order valence-corrected chi connectivity index (χ2v) is 8.01. The monoisotopic (exact) mass is 385 g/mol. The number of carbonyl (C=O) groups excluding carboxylic acids is 2. The zero-order valence-corrected chi connectivity index (χ0v) is 16.8. The fourth-order valence-electron chi connectivity index (χ4n) is 3.23. The standard InChI is InChI=1S/C21H27N3O4/c1-14-16(12-15-8-5-6-10-18(15)27-14)13-22-23-19(25)17-9-7-11-24(17)20(26)28-21(2,3)4/h5-6,8,10,12-14,17H,7,9,11H2,1-4H3,(H,23,25)/b22-13+/t14?,17-/m0/s1. The van der Waals surface area contributed by atoms with Gasteiger partial charge < -0.3 is 9.47 Å². The molecule has 2 atom stereocenters. The molecule has 2 aliphatic rings. The molecule has 1 fully saturated rings. The quantitative estimate of drug-likeness (QED) is 0.639. The van der Waals surface area contributed by atoms with Crippen molar-refractivity contribution in [2.24, 2.45) is 5.10 Å². The molecule has 1 unspecified atom stereocenters. The van der Waals surface area contributed by atoms with Crippen molar-refractivity contribution >= 4 is 24.3 Å². The van der Waals surface area contributed by atoms with Crippen molar-refractivity contribution in [1.82, 2.24) is 10.3 Å². The summed E-state index contributed by atoms with van der Waals surface area (Å²) >= 11 is 0. The number of carbonyl (C=O) groups is 2. The Labute approximate surface area is 165 Å². The summed E-state index contributed by atoms with van der Waals surface area (Å²) in [5, 5.41) is 4.08. The summed E-state index contributed by atoms with van der Waals surface area (Å²) in [6.07, 6.45) is 4.29. The summed E-state index contributed by atoms with van der Waals surface area (Å²) in [5.41, 5.74) is 3.78. The summed E-state index contributed by atoms with van der Waals surface area (Å²) in [7, 11) is 0. The summed E-state index contributed by atoms with van der Waals surface area (Å²) in [5.74, 6) is 0.514. The van der Waals surface area contributed by atoms with Gasteiger partial charge >= 0.3 is 6.09 Å². The zero-order valence-electron chi connectivity index (χ0n) is 16.8. The number of likely N-dealkylation sites (tertiary alicyclic amines) is 1. The van der Waals surface area contributed by atoms with Crippen molar-refractivity contribution in [3.05, 3.63) is 35.4 Å². The summed E-state index contributed by atoms with van der Waals surface area (Å²) in [6.45, 7) is 7.85. The van der Waals surface area contributed by atoms with E-state index in [2.05, 4.69) is 10.5 Å². The van der Waals surface area contributed by atoms with Crippen LogP contribution in [-0.4, -0.2) is 47.4 Å². The lowest BCUT2D eigenvalue weighted by molar-refractivity contribution is -0.125. The second kappa shape index (κ2) is 8.04. The predicted octanol–water partition coefficient (Wildman–Crippen LogP) is 3.35. The molecule has 1 N–H and O–H groups in total. The van der Waals surface area contributed by atoms with Crippen molar-refractivity contribution in [2.75, 3.05) is 6.54 Å². The van der Waals surface area contributed by atoms with Crippen molar-refractivity contribution in [3.63, 3.8) is 0 Å². The Morgan fingerprint density at radius 3 is 2.82 bits per heavy atom. The van der Waals surface area contributed by atoms with Gasteiger partial charge in [0.25, 0.3) is 5.91 Å². The maximum Gasteiger partial charge on any atom is 0.410 e. The molecule has 2 heterocycles. The van der Waals surface area contributed by atoms with E-state index in [9.17, 15) is 9.59 Å². The van der Waals surface area contributed by atoms with Gasteiger partial charge in [0, 0.05) is 17.7 Å². The van der Waals surface area contributed by atoms with Crippen molar-refractivity contribution in [3.8, 4) is 5.75 Å². The van der Waals surface area contributed by atoms with Gasteiger partial charge in [-0.05, 0) is 52.7 Å². The Bertz CT molecular complexity index is 810. The second-order valence-electron chi connectivity index (χ2n) is 8.01. The van der Waals surface area contributed by atoms with E-state index in [4.69, 9.17) is 9.47 Å². The van der Waals surface area contributed by atoms with Crippen LogP contribution < -0.4 is 10.2 Å². The number of para-hydroxylation sites is 1. The Hall–Kier alpha value is -2.83. The first-order valence-corrected chi connectivity index (χ1v) is 9.54. The number of nitrogens with zero attached hydrogens (tertiary/aromatic N) is 2. The van der Waals surface area contributed by atoms with Crippen LogP contribution in [0.15, 0.2) is 34.9 Å². The van der Waals surface area contributed by atoms with Gasteiger partial charge in [-0.1, -0.05) is 18.2 Å². The Morgan fingerprint density at radius 2 is 2.07 bits per heavy atom. The van der Waals surface area contributed by atoms with Gasteiger partial charge in [-0.3, -0.25) is 9.69 Å². The maximum atomic E-state index is 12.5. The largest absolute Gasteiger partial charge is 0.485 e. The first-order chi connectivity index (χ1) is 13.2. The lowest BCUT2D eigenvalue weighted by Crippen LogP contribution is -2.46. The number of rotatable bonds is 3. The van der Waals surface area contributed by atoms with E-state index < -0.39 is 17.7 Å². The number of nitrogens with one attached hydrogen (secondary N) is 1. The number of hydrogen-bond acceptors (Lipinski definition) is 5.